The molecule has 2 rings (SSSR count). The first-order valence-corrected chi connectivity index (χ1v) is 10.1. The topological polar surface area (TPSA) is 72.5 Å². The molecule has 0 aromatic heterocycles. The zero-order valence-electron chi connectivity index (χ0n) is 14.7. The van der Waals surface area contributed by atoms with E-state index in [0.29, 0.717) is 5.75 Å². The molecule has 0 spiro atoms. The molecular formula is C19H23NO4S. The van der Waals surface area contributed by atoms with Gasteiger partial charge in [0, 0.05) is 11.9 Å². The molecule has 0 aliphatic carbocycles. The van der Waals surface area contributed by atoms with Gasteiger partial charge < -0.3 is 10.1 Å². The normalized spacial score (nSPS) is 11.2. The Kier molecular flexibility index (Phi) is 6.20. The summed E-state index contributed by atoms with van der Waals surface area (Å²) in [7, 11) is -3.24. The van der Waals surface area contributed by atoms with Crippen LogP contribution in [0.1, 0.15) is 25.0 Å². The summed E-state index contributed by atoms with van der Waals surface area (Å²) in [5, 5.41) is 2.93. The molecule has 1 N–H and O–H groups in total. The van der Waals surface area contributed by atoms with Crippen LogP contribution in [-0.2, 0) is 27.5 Å². The van der Waals surface area contributed by atoms with E-state index in [4.69, 9.17) is 4.74 Å². The van der Waals surface area contributed by atoms with Crippen molar-refractivity contribution in [2.45, 2.75) is 31.6 Å². The third kappa shape index (κ3) is 5.06. The minimum atomic E-state index is -3.24. The summed E-state index contributed by atoms with van der Waals surface area (Å²) in [4.78, 5) is 12.4. The van der Waals surface area contributed by atoms with Crippen LogP contribution in [0, 0.1) is 0 Å². The van der Waals surface area contributed by atoms with E-state index in [0.717, 1.165) is 35.9 Å². The van der Waals surface area contributed by atoms with Crippen molar-refractivity contribution in [1.82, 2.24) is 0 Å². The van der Waals surface area contributed by atoms with Crippen LogP contribution in [0.5, 0.6) is 5.75 Å². The van der Waals surface area contributed by atoms with Crippen molar-refractivity contribution >= 4 is 21.4 Å². The van der Waals surface area contributed by atoms with Gasteiger partial charge in [-0.05, 0) is 48.2 Å². The molecule has 0 saturated heterocycles. The van der Waals surface area contributed by atoms with E-state index in [1.165, 1.54) is 12.1 Å². The Bertz CT molecular complexity index is 820. The van der Waals surface area contributed by atoms with Crippen LogP contribution in [-0.4, -0.2) is 27.2 Å². The Hall–Kier alpha value is -2.34. The average Bonchev–Trinajstić information content (AvgIpc) is 2.59. The largest absolute Gasteiger partial charge is 0.484 e. The third-order valence-corrected chi connectivity index (χ3v) is 5.01. The monoisotopic (exact) mass is 361 g/mol. The highest BCUT2D eigenvalue weighted by molar-refractivity contribution is 7.90. The van der Waals surface area contributed by atoms with Crippen molar-refractivity contribution in [1.29, 1.82) is 0 Å². The number of sulfone groups is 1. The van der Waals surface area contributed by atoms with E-state index in [1.54, 1.807) is 12.1 Å². The van der Waals surface area contributed by atoms with E-state index in [2.05, 4.69) is 5.32 Å². The highest BCUT2D eigenvalue weighted by Crippen LogP contribution is 2.22. The number of hydrogen-bond acceptors (Lipinski definition) is 4. The van der Waals surface area contributed by atoms with Gasteiger partial charge in [-0.15, -0.1) is 0 Å². The Labute approximate surface area is 148 Å². The van der Waals surface area contributed by atoms with Gasteiger partial charge in [-0.3, -0.25) is 4.79 Å². The van der Waals surface area contributed by atoms with Crippen molar-refractivity contribution in [2.75, 3.05) is 18.2 Å². The lowest BCUT2D eigenvalue weighted by Crippen LogP contribution is -2.21. The number of anilines is 1. The number of nitrogens with one attached hydrogen (secondary N) is 1. The van der Waals surface area contributed by atoms with Crippen molar-refractivity contribution < 1.29 is 17.9 Å². The molecule has 0 aliphatic rings. The summed E-state index contributed by atoms with van der Waals surface area (Å²) in [6.45, 7) is 3.95. The lowest BCUT2D eigenvalue weighted by atomic mass is 10.0. The quantitative estimate of drug-likeness (QED) is 0.822. The standard InChI is InChI=1S/C19H23NO4S/c1-4-14-7-6-8-15(5-2)19(14)20-18(21)13-24-16-9-11-17(12-10-16)25(3,22)23/h6-12H,4-5,13H2,1-3H3,(H,20,21). The molecule has 0 unspecified atom stereocenters. The Balaban J connectivity index is 2.02. The number of amides is 1. The van der Waals surface area contributed by atoms with E-state index in [1.807, 2.05) is 32.0 Å². The maximum atomic E-state index is 12.2. The van der Waals surface area contributed by atoms with E-state index < -0.39 is 9.84 Å². The molecule has 0 radical (unpaired) electrons. The minimum Gasteiger partial charge on any atom is -0.484 e. The molecule has 6 heteroatoms. The van der Waals surface area contributed by atoms with Crippen LogP contribution in [0.25, 0.3) is 0 Å². The second-order valence-corrected chi connectivity index (χ2v) is 7.75. The van der Waals surface area contributed by atoms with E-state index in [9.17, 15) is 13.2 Å². The molecule has 2 aromatic rings. The van der Waals surface area contributed by atoms with Gasteiger partial charge in [0.2, 0.25) is 0 Å². The fourth-order valence-corrected chi connectivity index (χ4v) is 3.14. The van der Waals surface area contributed by atoms with Gasteiger partial charge in [0.1, 0.15) is 5.75 Å². The van der Waals surface area contributed by atoms with E-state index in [-0.39, 0.29) is 17.4 Å². The molecule has 0 fully saturated rings. The Morgan fingerprint density at radius 2 is 1.56 bits per heavy atom. The summed E-state index contributed by atoms with van der Waals surface area (Å²) in [6.07, 6.45) is 2.81. The number of para-hydroxylation sites is 1. The molecule has 0 aliphatic heterocycles. The van der Waals surface area contributed by atoms with Crippen molar-refractivity contribution in [2.24, 2.45) is 0 Å². The van der Waals surface area contributed by atoms with Crippen LogP contribution in [0.4, 0.5) is 5.69 Å². The molecule has 0 saturated carbocycles. The third-order valence-electron chi connectivity index (χ3n) is 3.89. The lowest BCUT2D eigenvalue weighted by molar-refractivity contribution is -0.118. The lowest BCUT2D eigenvalue weighted by Gasteiger charge is -2.14. The maximum Gasteiger partial charge on any atom is 0.262 e. The molecule has 0 atom stereocenters. The van der Waals surface area contributed by atoms with Crippen molar-refractivity contribution in [3.63, 3.8) is 0 Å². The molecule has 134 valence electrons. The minimum absolute atomic E-state index is 0.139. The highest BCUT2D eigenvalue weighted by Gasteiger charge is 2.11. The first-order valence-electron chi connectivity index (χ1n) is 8.18. The Morgan fingerprint density at radius 3 is 2.04 bits per heavy atom. The second kappa shape index (κ2) is 8.16. The second-order valence-electron chi connectivity index (χ2n) is 5.74. The fourth-order valence-electron chi connectivity index (χ4n) is 2.51. The highest BCUT2D eigenvalue weighted by atomic mass is 32.2. The number of ether oxygens (including phenoxy) is 1. The number of carbonyl (C=O) groups excluding carboxylic acids is 1. The first kappa shape index (κ1) is 19.0. The van der Waals surface area contributed by atoms with Crippen LogP contribution in [0.15, 0.2) is 47.4 Å². The smallest absolute Gasteiger partial charge is 0.262 e. The van der Waals surface area contributed by atoms with Crippen molar-refractivity contribution in [3.05, 3.63) is 53.6 Å². The van der Waals surface area contributed by atoms with Gasteiger partial charge in [-0.2, -0.15) is 0 Å². The summed E-state index contributed by atoms with van der Waals surface area (Å²) < 4.78 is 28.3. The van der Waals surface area contributed by atoms with Gasteiger partial charge in [0.05, 0.1) is 4.90 Å². The molecular weight excluding hydrogens is 338 g/mol. The maximum absolute atomic E-state index is 12.2. The SMILES string of the molecule is CCc1cccc(CC)c1NC(=O)COc1ccc(S(C)(=O)=O)cc1. The average molecular weight is 361 g/mol. The summed E-state index contributed by atoms with van der Waals surface area (Å²) in [5.74, 6) is 0.199. The first-order chi connectivity index (χ1) is 11.8. The van der Waals surface area contributed by atoms with Gasteiger partial charge in [0.15, 0.2) is 16.4 Å². The molecule has 5 nitrogen and oxygen atoms in total. The van der Waals surface area contributed by atoms with Gasteiger partial charge in [0.25, 0.3) is 5.91 Å². The molecule has 0 heterocycles. The fraction of sp³-hybridized carbons (Fsp3) is 0.316. The van der Waals surface area contributed by atoms with Gasteiger partial charge >= 0.3 is 0 Å². The van der Waals surface area contributed by atoms with Crippen molar-refractivity contribution in [3.8, 4) is 5.75 Å². The zero-order chi connectivity index (χ0) is 18.4. The number of rotatable bonds is 7. The van der Waals surface area contributed by atoms with E-state index >= 15 is 0 Å². The summed E-state index contributed by atoms with van der Waals surface area (Å²) in [5.41, 5.74) is 3.03. The molecule has 1 amide bonds. The van der Waals surface area contributed by atoms with Crippen LogP contribution in [0.2, 0.25) is 0 Å². The predicted molar refractivity (Wildman–Crippen MR) is 98.9 cm³/mol. The van der Waals surface area contributed by atoms with Gasteiger partial charge in [-0.25, -0.2) is 8.42 Å². The summed E-state index contributed by atoms with van der Waals surface area (Å²) in [6, 6.07) is 12.0. The van der Waals surface area contributed by atoms with Crippen LogP contribution >= 0.6 is 0 Å². The summed E-state index contributed by atoms with van der Waals surface area (Å²) >= 11 is 0. The van der Waals surface area contributed by atoms with Crippen LogP contribution < -0.4 is 10.1 Å². The number of hydrogen-bond donors (Lipinski definition) is 1. The van der Waals surface area contributed by atoms with Gasteiger partial charge in [-0.1, -0.05) is 32.0 Å². The molecule has 0 bridgehead atoms. The number of benzene rings is 2. The molecule has 2 aromatic carbocycles. The zero-order valence-corrected chi connectivity index (χ0v) is 15.5. The predicted octanol–water partition coefficient (Wildman–Crippen LogP) is 3.23. The molecule has 25 heavy (non-hydrogen) atoms. The number of carbonyl (C=O) groups is 1. The van der Waals surface area contributed by atoms with Crippen LogP contribution in [0.3, 0.4) is 0 Å². The number of aryl methyl sites for hydroxylation is 2. The Morgan fingerprint density at radius 1 is 1.00 bits per heavy atom.